The number of benzene rings is 2. The normalized spacial score (nSPS) is 10.8. The van der Waals surface area contributed by atoms with Crippen molar-refractivity contribution in [1.82, 2.24) is 14.3 Å². The van der Waals surface area contributed by atoms with E-state index >= 15 is 0 Å². The van der Waals surface area contributed by atoms with E-state index in [9.17, 15) is 5.11 Å². The van der Waals surface area contributed by atoms with Crippen molar-refractivity contribution in [2.24, 2.45) is 0 Å². The molecule has 1 N–H and O–H groups in total. The molecule has 0 aliphatic rings. The summed E-state index contributed by atoms with van der Waals surface area (Å²) in [6.45, 7) is 2.60. The second kappa shape index (κ2) is 8.09. The molecule has 3 aromatic rings. The maximum absolute atomic E-state index is 9.52. The van der Waals surface area contributed by atoms with E-state index < -0.39 is 0 Å². The van der Waals surface area contributed by atoms with E-state index in [2.05, 4.69) is 12.0 Å². The Morgan fingerprint density at radius 3 is 2.44 bits per heavy atom. The van der Waals surface area contributed by atoms with Gasteiger partial charge in [-0.1, -0.05) is 31.5 Å². The molecule has 0 spiro atoms. The standard InChI is InChI=1S/C19H21N3O2S/c1-2-3-13-24-17-11-9-15(10-12-17)18-20-21(14-23)19(25)22(18)16-7-5-4-6-8-16/h4-12,23H,2-3,13-14H2,1H3. The lowest BCUT2D eigenvalue weighted by molar-refractivity contribution is 0.193. The van der Waals surface area contributed by atoms with Crippen LogP contribution < -0.4 is 4.74 Å². The SMILES string of the molecule is CCCCOc1ccc(-c2nn(CO)c(=S)n2-c2ccccc2)cc1. The zero-order chi connectivity index (χ0) is 17.6. The molecule has 0 unspecified atom stereocenters. The first-order chi connectivity index (χ1) is 12.2. The second-order valence-electron chi connectivity index (χ2n) is 5.64. The summed E-state index contributed by atoms with van der Waals surface area (Å²) < 4.78 is 9.43. The Balaban J connectivity index is 1.98. The van der Waals surface area contributed by atoms with Crippen LogP contribution >= 0.6 is 12.2 Å². The lowest BCUT2D eigenvalue weighted by Gasteiger charge is -2.08. The topological polar surface area (TPSA) is 52.2 Å². The predicted octanol–water partition coefficient (Wildman–Crippen LogP) is 4.20. The third kappa shape index (κ3) is 3.81. The Kier molecular flexibility index (Phi) is 5.63. The van der Waals surface area contributed by atoms with E-state index in [1.165, 1.54) is 4.68 Å². The highest BCUT2D eigenvalue weighted by atomic mass is 32.1. The molecule has 0 radical (unpaired) electrons. The fourth-order valence-corrected chi connectivity index (χ4v) is 2.82. The van der Waals surface area contributed by atoms with Gasteiger partial charge in [-0.25, -0.2) is 4.68 Å². The largest absolute Gasteiger partial charge is 0.494 e. The van der Waals surface area contributed by atoms with Gasteiger partial charge in [0.1, 0.15) is 12.5 Å². The minimum absolute atomic E-state index is 0.260. The molecule has 6 heteroatoms. The van der Waals surface area contributed by atoms with Gasteiger partial charge in [0.2, 0.25) is 4.77 Å². The third-order valence-corrected chi connectivity index (χ3v) is 4.26. The van der Waals surface area contributed by atoms with Gasteiger partial charge in [0.25, 0.3) is 0 Å². The van der Waals surface area contributed by atoms with E-state index in [4.69, 9.17) is 17.0 Å². The van der Waals surface area contributed by atoms with Gasteiger partial charge in [0.15, 0.2) is 5.82 Å². The number of rotatable bonds is 7. The molecular formula is C19H21N3O2S. The Morgan fingerprint density at radius 2 is 1.80 bits per heavy atom. The molecule has 3 rings (SSSR count). The van der Waals surface area contributed by atoms with Gasteiger partial charge in [-0.15, -0.1) is 5.10 Å². The van der Waals surface area contributed by atoms with Gasteiger partial charge in [-0.2, -0.15) is 0 Å². The van der Waals surface area contributed by atoms with Gasteiger partial charge in [-0.3, -0.25) is 4.57 Å². The lowest BCUT2D eigenvalue weighted by Crippen LogP contribution is -2.00. The molecule has 1 aromatic heterocycles. The fourth-order valence-electron chi connectivity index (χ4n) is 2.53. The number of aliphatic hydroxyl groups excluding tert-OH is 1. The van der Waals surface area contributed by atoms with Crippen molar-refractivity contribution in [3.63, 3.8) is 0 Å². The minimum atomic E-state index is -0.260. The Morgan fingerprint density at radius 1 is 1.08 bits per heavy atom. The highest BCUT2D eigenvalue weighted by Gasteiger charge is 2.14. The smallest absolute Gasteiger partial charge is 0.205 e. The maximum Gasteiger partial charge on any atom is 0.205 e. The summed E-state index contributed by atoms with van der Waals surface area (Å²) >= 11 is 5.47. The van der Waals surface area contributed by atoms with Crippen molar-refractivity contribution in [1.29, 1.82) is 0 Å². The molecule has 0 aliphatic heterocycles. The molecule has 2 aromatic carbocycles. The van der Waals surface area contributed by atoms with Crippen LogP contribution in [-0.2, 0) is 6.73 Å². The first-order valence-electron chi connectivity index (χ1n) is 8.34. The van der Waals surface area contributed by atoms with Crippen LogP contribution in [0.15, 0.2) is 54.6 Å². The van der Waals surface area contributed by atoms with E-state index in [-0.39, 0.29) is 6.73 Å². The van der Waals surface area contributed by atoms with Crippen LogP contribution in [0.3, 0.4) is 0 Å². The van der Waals surface area contributed by atoms with E-state index in [0.29, 0.717) is 10.6 Å². The summed E-state index contributed by atoms with van der Waals surface area (Å²) in [6.07, 6.45) is 2.14. The van der Waals surface area contributed by atoms with Crippen molar-refractivity contribution in [3.05, 3.63) is 59.4 Å². The molecule has 0 saturated carbocycles. The Labute approximate surface area is 152 Å². The summed E-state index contributed by atoms with van der Waals surface area (Å²) in [5.74, 6) is 1.52. The number of unbranched alkanes of at least 4 members (excludes halogenated alkanes) is 1. The monoisotopic (exact) mass is 355 g/mol. The van der Waals surface area contributed by atoms with Crippen molar-refractivity contribution in [2.75, 3.05) is 6.61 Å². The van der Waals surface area contributed by atoms with E-state index in [1.54, 1.807) is 0 Å². The molecule has 25 heavy (non-hydrogen) atoms. The van der Waals surface area contributed by atoms with Crippen molar-refractivity contribution < 1.29 is 9.84 Å². The second-order valence-corrected chi connectivity index (χ2v) is 6.01. The fraction of sp³-hybridized carbons (Fsp3) is 0.263. The third-order valence-electron chi connectivity index (χ3n) is 3.87. The first kappa shape index (κ1) is 17.4. The number of aromatic nitrogens is 3. The summed E-state index contributed by atoms with van der Waals surface area (Å²) in [4.78, 5) is 0. The quantitative estimate of drug-likeness (QED) is 0.510. The van der Waals surface area contributed by atoms with Crippen LogP contribution in [-0.4, -0.2) is 26.1 Å². The van der Waals surface area contributed by atoms with Gasteiger partial charge in [-0.05, 0) is 55.0 Å². The summed E-state index contributed by atoms with van der Waals surface area (Å²) in [7, 11) is 0. The molecule has 0 saturated heterocycles. The highest BCUT2D eigenvalue weighted by Crippen LogP contribution is 2.24. The molecule has 0 amide bonds. The molecule has 0 atom stereocenters. The molecule has 1 heterocycles. The summed E-state index contributed by atoms with van der Waals surface area (Å²) in [5.41, 5.74) is 1.82. The molecular weight excluding hydrogens is 334 g/mol. The Bertz CT molecular complexity index is 870. The zero-order valence-electron chi connectivity index (χ0n) is 14.1. The van der Waals surface area contributed by atoms with Gasteiger partial charge < -0.3 is 9.84 Å². The highest BCUT2D eigenvalue weighted by molar-refractivity contribution is 7.71. The van der Waals surface area contributed by atoms with Crippen LogP contribution in [0.4, 0.5) is 0 Å². The molecule has 0 fully saturated rings. The van der Waals surface area contributed by atoms with Crippen molar-refractivity contribution in [3.8, 4) is 22.8 Å². The van der Waals surface area contributed by atoms with Crippen molar-refractivity contribution in [2.45, 2.75) is 26.5 Å². The summed E-state index contributed by atoms with van der Waals surface area (Å²) in [6, 6.07) is 17.5. The van der Waals surface area contributed by atoms with Crippen LogP contribution in [0.25, 0.3) is 17.1 Å². The number of hydrogen-bond acceptors (Lipinski definition) is 4. The number of para-hydroxylation sites is 1. The molecule has 5 nitrogen and oxygen atoms in total. The molecule has 0 bridgehead atoms. The average molecular weight is 355 g/mol. The minimum Gasteiger partial charge on any atom is -0.494 e. The maximum atomic E-state index is 9.52. The lowest BCUT2D eigenvalue weighted by atomic mass is 10.2. The van der Waals surface area contributed by atoms with Crippen LogP contribution in [0.2, 0.25) is 0 Å². The predicted molar refractivity (Wildman–Crippen MR) is 100 cm³/mol. The van der Waals surface area contributed by atoms with E-state index in [1.807, 2.05) is 59.2 Å². The zero-order valence-corrected chi connectivity index (χ0v) is 14.9. The van der Waals surface area contributed by atoms with Crippen LogP contribution in [0.5, 0.6) is 5.75 Å². The van der Waals surface area contributed by atoms with Gasteiger partial charge in [0.05, 0.1) is 6.61 Å². The van der Waals surface area contributed by atoms with Crippen molar-refractivity contribution >= 4 is 12.2 Å². The Hall–Kier alpha value is -2.44. The van der Waals surface area contributed by atoms with Gasteiger partial charge >= 0.3 is 0 Å². The molecule has 130 valence electrons. The summed E-state index contributed by atoms with van der Waals surface area (Å²) in [5, 5.41) is 14.0. The van der Waals surface area contributed by atoms with Crippen LogP contribution in [0.1, 0.15) is 19.8 Å². The van der Waals surface area contributed by atoms with Gasteiger partial charge in [0, 0.05) is 11.3 Å². The number of ether oxygens (including phenoxy) is 1. The molecule has 0 aliphatic carbocycles. The van der Waals surface area contributed by atoms with Crippen LogP contribution in [0, 0.1) is 4.77 Å². The first-order valence-corrected chi connectivity index (χ1v) is 8.74. The number of hydrogen-bond donors (Lipinski definition) is 1. The number of aliphatic hydroxyl groups is 1. The average Bonchev–Trinajstić information content (AvgIpc) is 2.99. The van der Waals surface area contributed by atoms with E-state index in [0.717, 1.165) is 36.4 Å². The number of nitrogens with zero attached hydrogens (tertiary/aromatic N) is 3.